The highest BCUT2D eigenvalue weighted by molar-refractivity contribution is 4.86. The van der Waals surface area contributed by atoms with Crippen LogP contribution in [0, 0.1) is 0 Å². The van der Waals surface area contributed by atoms with Gasteiger partial charge in [-0.3, -0.25) is 0 Å². The second-order valence-electron chi connectivity index (χ2n) is 2.92. The summed E-state index contributed by atoms with van der Waals surface area (Å²) in [5.41, 5.74) is 0. The Morgan fingerprint density at radius 1 is 1.08 bits per heavy atom. The molecule has 0 radical (unpaired) electrons. The lowest BCUT2D eigenvalue weighted by molar-refractivity contribution is -0.286. The molecule has 1 heterocycles. The maximum absolute atomic E-state index is 9.27. The summed E-state index contributed by atoms with van der Waals surface area (Å²) in [6.45, 7) is 1.60. The van der Waals surface area contributed by atoms with Crippen LogP contribution in [0.5, 0.6) is 0 Å². The zero-order valence-electron chi connectivity index (χ0n) is 7.04. The predicted octanol–water partition coefficient (Wildman–Crippen LogP) is -1.54. The first kappa shape index (κ1) is 9.88. The van der Waals surface area contributed by atoms with E-state index in [1.807, 2.05) is 0 Å². The van der Waals surface area contributed by atoms with Crippen LogP contribution in [0.4, 0.5) is 0 Å². The predicted molar refractivity (Wildman–Crippen MR) is 39.4 cm³/mol. The van der Waals surface area contributed by atoms with Crippen molar-refractivity contribution >= 4 is 0 Å². The SMILES string of the molecule is COC1OC(C)C(O)[C@H](O)[C@@H]1O. The summed E-state index contributed by atoms with van der Waals surface area (Å²) >= 11 is 0. The van der Waals surface area contributed by atoms with E-state index >= 15 is 0 Å². The summed E-state index contributed by atoms with van der Waals surface area (Å²) in [7, 11) is 1.37. The lowest BCUT2D eigenvalue weighted by Gasteiger charge is -2.38. The molecule has 0 amide bonds. The third-order valence-corrected chi connectivity index (χ3v) is 2.04. The molecule has 3 N–H and O–H groups in total. The van der Waals surface area contributed by atoms with Crippen LogP contribution in [-0.2, 0) is 9.47 Å². The van der Waals surface area contributed by atoms with Crippen molar-refractivity contribution in [2.75, 3.05) is 7.11 Å². The lowest BCUT2D eigenvalue weighted by Crippen LogP contribution is -2.57. The smallest absolute Gasteiger partial charge is 0.186 e. The minimum absolute atomic E-state index is 0.534. The molecule has 0 aromatic heterocycles. The second-order valence-corrected chi connectivity index (χ2v) is 2.92. The zero-order valence-corrected chi connectivity index (χ0v) is 7.04. The van der Waals surface area contributed by atoms with E-state index in [9.17, 15) is 15.3 Å². The van der Waals surface area contributed by atoms with Crippen molar-refractivity contribution in [1.82, 2.24) is 0 Å². The zero-order chi connectivity index (χ0) is 9.30. The highest BCUT2D eigenvalue weighted by atomic mass is 16.7. The van der Waals surface area contributed by atoms with Crippen LogP contribution < -0.4 is 0 Å². The van der Waals surface area contributed by atoms with E-state index in [-0.39, 0.29) is 0 Å². The molecule has 0 aromatic carbocycles. The third kappa shape index (κ3) is 1.60. The molecular formula is C7H14O5. The van der Waals surface area contributed by atoms with Crippen molar-refractivity contribution in [2.24, 2.45) is 0 Å². The Kier molecular flexibility index (Phi) is 3.03. The van der Waals surface area contributed by atoms with E-state index in [0.717, 1.165) is 0 Å². The molecule has 5 nitrogen and oxygen atoms in total. The maximum Gasteiger partial charge on any atom is 0.186 e. The minimum Gasteiger partial charge on any atom is -0.388 e. The van der Waals surface area contributed by atoms with Gasteiger partial charge >= 0.3 is 0 Å². The molecule has 1 saturated heterocycles. The van der Waals surface area contributed by atoms with Gasteiger partial charge in [-0.15, -0.1) is 0 Å². The van der Waals surface area contributed by atoms with Crippen LogP contribution in [-0.4, -0.2) is 53.1 Å². The monoisotopic (exact) mass is 178 g/mol. The Labute approximate surface area is 70.5 Å². The number of hydrogen-bond donors (Lipinski definition) is 3. The number of aliphatic hydroxyl groups excluding tert-OH is 3. The van der Waals surface area contributed by atoms with Gasteiger partial charge in [0.1, 0.15) is 18.3 Å². The second kappa shape index (κ2) is 3.68. The van der Waals surface area contributed by atoms with Crippen molar-refractivity contribution in [2.45, 2.75) is 37.6 Å². The molecule has 3 unspecified atom stereocenters. The molecule has 1 fully saturated rings. The molecule has 0 saturated carbocycles. The summed E-state index contributed by atoms with van der Waals surface area (Å²) in [5.74, 6) is 0. The van der Waals surface area contributed by atoms with Gasteiger partial charge in [-0.2, -0.15) is 0 Å². The van der Waals surface area contributed by atoms with E-state index in [2.05, 4.69) is 0 Å². The van der Waals surface area contributed by atoms with Crippen LogP contribution in [0.15, 0.2) is 0 Å². The number of aliphatic hydroxyl groups is 3. The van der Waals surface area contributed by atoms with Gasteiger partial charge in [0.25, 0.3) is 0 Å². The molecule has 5 atom stereocenters. The Balaban J connectivity index is 2.63. The van der Waals surface area contributed by atoms with Gasteiger partial charge in [0, 0.05) is 7.11 Å². The first-order valence-electron chi connectivity index (χ1n) is 3.80. The van der Waals surface area contributed by atoms with Crippen LogP contribution in [0.25, 0.3) is 0 Å². The van der Waals surface area contributed by atoms with Gasteiger partial charge in [-0.05, 0) is 6.92 Å². The average molecular weight is 178 g/mol. The lowest BCUT2D eigenvalue weighted by atomic mass is 10.0. The van der Waals surface area contributed by atoms with E-state index in [1.54, 1.807) is 6.92 Å². The fourth-order valence-electron chi connectivity index (χ4n) is 1.21. The molecule has 12 heavy (non-hydrogen) atoms. The Morgan fingerprint density at radius 2 is 1.67 bits per heavy atom. The van der Waals surface area contributed by atoms with Crippen molar-refractivity contribution in [3.05, 3.63) is 0 Å². The van der Waals surface area contributed by atoms with E-state index in [4.69, 9.17) is 9.47 Å². The molecule has 1 rings (SSSR count). The first-order chi connectivity index (χ1) is 5.57. The Bertz CT molecular complexity index is 146. The average Bonchev–Trinajstić information content (AvgIpc) is 2.08. The van der Waals surface area contributed by atoms with Crippen LogP contribution in [0.1, 0.15) is 6.92 Å². The van der Waals surface area contributed by atoms with Crippen molar-refractivity contribution in [3.63, 3.8) is 0 Å². The number of hydrogen-bond acceptors (Lipinski definition) is 5. The molecule has 0 aliphatic carbocycles. The van der Waals surface area contributed by atoms with Crippen molar-refractivity contribution < 1.29 is 24.8 Å². The maximum atomic E-state index is 9.27. The molecule has 1 aliphatic rings. The summed E-state index contributed by atoms with van der Waals surface area (Å²) in [5, 5.41) is 27.8. The van der Waals surface area contributed by atoms with E-state index in [0.29, 0.717) is 0 Å². The van der Waals surface area contributed by atoms with Crippen LogP contribution in [0.2, 0.25) is 0 Å². The number of rotatable bonds is 1. The fourth-order valence-corrected chi connectivity index (χ4v) is 1.21. The molecule has 0 aromatic rings. The molecule has 5 heteroatoms. The van der Waals surface area contributed by atoms with Gasteiger partial charge in [-0.25, -0.2) is 0 Å². The van der Waals surface area contributed by atoms with Gasteiger partial charge in [0.05, 0.1) is 6.10 Å². The highest BCUT2D eigenvalue weighted by Crippen LogP contribution is 2.20. The molecule has 0 spiro atoms. The Hall–Kier alpha value is -0.200. The van der Waals surface area contributed by atoms with E-state index in [1.165, 1.54) is 7.11 Å². The van der Waals surface area contributed by atoms with Crippen molar-refractivity contribution in [1.29, 1.82) is 0 Å². The van der Waals surface area contributed by atoms with Crippen molar-refractivity contribution in [3.8, 4) is 0 Å². The standard InChI is InChI=1S/C7H14O5/c1-3-4(8)5(9)6(10)7(11-2)12-3/h3-10H,1-2H3/t3?,4?,5-,6-,7?/m0/s1. The first-order valence-corrected chi connectivity index (χ1v) is 3.80. The quantitative estimate of drug-likeness (QED) is 0.453. The molecule has 1 aliphatic heterocycles. The number of methoxy groups -OCH3 is 1. The minimum atomic E-state index is -1.21. The van der Waals surface area contributed by atoms with Gasteiger partial charge in [0.2, 0.25) is 0 Å². The van der Waals surface area contributed by atoms with Gasteiger partial charge < -0.3 is 24.8 Å². The molecular weight excluding hydrogens is 164 g/mol. The summed E-state index contributed by atoms with van der Waals surface area (Å²) in [6.07, 6.45) is -4.86. The Morgan fingerprint density at radius 3 is 2.17 bits per heavy atom. The topological polar surface area (TPSA) is 79.2 Å². The summed E-state index contributed by atoms with van der Waals surface area (Å²) in [6, 6.07) is 0. The van der Waals surface area contributed by atoms with Gasteiger partial charge in [-0.1, -0.05) is 0 Å². The van der Waals surface area contributed by atoms with Gasteiger partial charge in [0.15, 0.2) is 6.29 Å². The van der Waals surface area contributed by atoms with Crippen LogP contribution in [0.3, 0.4) is 0 Å². The summed E-state index contributed by atoms with van der Waals surface area (Å²) < 4.78 is 9.80. The highest BCUT2D eigenvalue weighted by Gasteiger charge is 2.41. The fraction of sp³-hybridized carbons (Fsp3) is 1.00. The van der Waals surface area contributed by atoms with E-state index < -0.39 is 30.7 Å². The summed E-state index contributed by atoms with van der Waals surface area (Å²) in [4.78, 5) is 0. The largest absolute Gasteiger partial charge is 0.388 e. The molecule has 0 bridgehead atoms. The van der Waals surface area contributed by atoms with Crippen LogP contribution >= 0.6 is 0 Å². The number of ether oxygens (including phenoxy) is 2. The third-order valence-electron chi connectivity index (χ3n) is 2.04. The molecule has 72 valence electrons. The normalized spacial score (nSPS) is 49.2.